The summed E-state index contributed by atoms with van der Waals surface area (Å²) in [6.45, 7) is 3.64. The maximum absolute atomic E-state index is 13.8. The van der Waals surface area contributed by atoms with Gasteiger partial charge >= 0.3 is 0 Å². The quantitative estimate of drug-likeness (QED) is 0.642. The zero-order valence-corrected chi connectivity index (χ0v) is 9.90. The molecule has 0 saturated carbocycles. The van der Waals surface area contributed by atoms with E-state index in [0.29, 0.717) is 22.6 Å². The number of nitrogens with zero attached hydrogens (tertiary/aromatic N) is 1. The Kier molecular flexibility index (Phi) is 4.46. The number of methoxy groups -OCH3 is 1. The van der Waals surface area contributed by atoms with E-state index < -0.39 is 5.82 Å². The third-order valence-electron chi connectivity index (χ3n) is 2.25. The molecule has 3 nitrogen and oxygen atoms in total. The molecule has 1 rings (SSSR count). The maximum atomic E-state index is 13.8. The van der Waals surface area contributed by atoms with E-state index in [1.807, 2.05) is 0 Å². The van der Waals surface area contributed by atoms with Gasteiger partial charge in [-0.1, -0.05) is 18.7 Å². The fourth-order valence-corrected chi connectivity index (χ4v) is 1.51. The Hall–Kier alpha value is -2.10. The van der Waals surface area contributed by atoms with E-state index in [0.717, 1.165) is 0 Å². The van der Waals surface area contributed by atoms with Gasteiger partial charge < -0.3 is 10.5 Å². The fraction of sp³-hybridized carbons (Fsp3) is 0.154. The molecule has 0 saturated heterocycles. The Bertz CT molecular complexity index is 478. The summed E-state index contributed by atoms with van der Waals surface area (Å²) in [5.74, 6) is -0.000874. The average Bonchev–Trinajstić information content (AvgIpc) is 2.32. The predicted octanol–water partition coefficient (Wildman–Crippen LogP) is 2.39. The zero-order valence-electron chi connectivity index (χ0n) is 9.90. The summed E-state index contributed by atoms with van der Waals surface area (Å²) in [7, 11) is 3.06. The minimum absolute atomic E-state index is 0.294. The highest BCUT2D eigenvalue weighted by atomic mass is 19.1. The van der Waals surface area contributed by atoms with Crippen molar-refractivity contribution < 1.29 is 9.13 Å². The molecule has 0 fully saturated rings. The Morgan fingerprint density at radius 2 is 2.24 bits per heavy atom. The fourth-order valence-electron chi connectivity index (χ4n) is 1.51. The van der Waals surface area contributed by atoms with Crippen LogP contribution in [0, 0.1) is 5.82 Å². The molecular formula is C13H15FN2O. The molecule has 4 heteroatoms. The van der Waals surface area contributed by atoms with E-state index in [2.05, 4.69) is 11.6 Å². The first-order chi connectivity index (χ1) is 8.15. The second-order valence-electron chi connectivity index (χ2n) is 3.28. The molecule has 0 unspecified atom stereocenters. The number of halogens is 1. The largest absolute Gasteiger partial charge is 0.496 e. The lowest BCUT2D eigenvalue weighted by molar-refractivity contribution is 0.409. The van der Waals surface area contributed by atoms with E-state index in [1.165, 1.54) is 25.5 Å². The lowest BCUT2D eigenvalue weighted by Crippen LogP contribution is -2.05. The molecule has 0 aromatic heterocycles. The van der Waals surface area contributed by atoms with Crippen LogP contribution in [0.3, 0.4) is 0 Å². The number of benzene rings is 1. The standard InChI is InChI=1S/C13H15FN2O/c1-4-9(11(15)8-16-2)13-10(14)6-5-7-12(13)17-3/h4-8H,1,15H2,2-3H3/b11-9-,16-8?. The van der Waals surface area contributed by atoms with Crippen LogP contribution in [0.4, 0.5) is 4.39 Å². The van der Waals surface area contributed by atoms with Crippen LogP contribution in [0.15, 0.2) is 41.5 Å². The normalized spacial score (nSPS) is 12.4. The summed E-state index contributed by atoms with van der Waals surface area (Å²) >= 11 is 0. The number of allylic oxidation sites excluding steroid dienone is 3. The summed E-state index contributed by atoms with van der Waals surface area (Å²) < 4.78 is 18.9. The Morgan fingerprint density at radius 1 is 1.53 bits per heavy atom. The lowest BCUT2D eigenvalue weighted by Gasteiger charge is -2.11. The van der Waals surface area contributed by atoms with Crippen molar-refractivity contribution in [2.24, 2.45) is 10.7 Å². The van der Waals surface area contributed by atoms with E-state index in [1.54, 1.807) is 19.2 Å². The molecule has 0 aliphatic carbocycles. The van der Waals surface area contributed by atoms with Gasteiger partial charge in [0.15, 0.2) is 0 Å². The van der Waals surface area contributed by atoms with Gasteiger partial charge in [0, 0.05) is 18.8 Å². The van der Waals surface area contributed by atoms with Gasteiger partial charge in [-0.25, -0.2) is 4.39 Å². The predicted molar refractivity (Wildman–Crippen MR) is 68.7 cm³/mol. The van der Waals surface area contributed by atoms with Crippen molar-refractivity contribution in [3.63, 3.8) is 0 Å². The number of hydrogen-bond acceptors (Lipinski definition) is 3. The number of rotatable bonds is 4. The molecule has 2 N–H and O–H groups in total. The van der Waals surface area contributed by atoms with Crippen molar-refractivity contribution in [3.8, 4) is 5.75 Å². The molecule has 0 bridgehead atoms. The summed E-state index contributed by atoms with van der Waals surface area (Å²) in [6, 6.07) is 4.58. The molecule has 0 amide bonds. The number of hydrogen-bond donors (Lipinski definition) is 1. The summed E-state index contributed by atoms with van der Waals surface area (Å²) in [6.07, 6.45) is 2.93. The van der Waals surface area contributed by atoms with Crippen LogP contribution in [0.5, 0.6) is 5.75 Å². The number of nitrogens with two attached hydrogens (primary N) is 1. The molecule has 0 aliphatic heterocycles. The Morgan fingerprint density at radius 3 is 2.76 bits per heavy atom. The molecule has 0 heterocycles. The molecule has 17 heavy (non-hydrogen) atoms. The van der Waals surface area contributed by atoms with Crippen LogP contribution < -0.4 is 10.5 Å². The van der Waals surface area contributed by atoms with Gasteiger partial charge in [-0.3, -0.25) is 4.99 Å². The van der Waals surface area contributed by atoms with E-state index in [4.69, 9.17) is 10.5 Å². The first kappa shape index (κ1) is 13.0. The third-order valence-corrected chi connectivity index (χ3v) is 2.25. The lowest BCUT2D eigenvalue weighted by atomic mass is 10.0. The molecule has 1 aromatic carbocycles. The minimum Gasteiger partial charge on any atom is -0.496 e. The topological polar surface area (TPSA) is 47.6 Å². The molecular weight excluding hydrogens is 219 g/mol. The van der Waals surface area contributed by atoms with Gasteiger partial charge in [0.1, 0.15) is 11.6 Å². The molecule has 0 aliphatic rings. The van der Waals surface area contributed by atoms with Crippen molar-refractivity contribution in [2.75, 3.05) is 14.2 Å². The molecule has 0 spiro atoms. The van der Waals surface area contributed by atoms with Gasteiger partial charge in [-0.2, -0.15) is 0 Å². The van der Waals surface area contributed by atoms with E-state index in [-0.39, 0.29) is 0 Å². The second kappa shape index (κ2) is 5.84. The molecule has 0 atom stereocenters. The van der Waals surface area contributed by atoms with Gasteiger partial charge in [0.05, 0.1) is 18.4 Å². The Balaban J connectivity index is 3.50. The van der Waals surface area contributed by atoms with Gasteiger partial charge in [0.25, 0.3) is 0 Å². The minimum atomic E-state index is -0.410. The highest BCUT2D eigenvalue weighted by Gasteiger charge is 2.13. The first-order valence-electron chi connectivity index (χ1n) is 5.03. The SMILES string of the molecule is C=C/C(=C(/N)C=NC)c1c(F)cccc1OC. The van der Waals surface area contributed by atoms with Crippen molar-refractivity contribution in [1.82, 2.24) is 0 Å². The second-order valence-corrected chi connectivity index (χ2v) is 3.28. The molecule has 90 valence electrons. The van der Waals surface area contributed by atoms with Crippen molar-refractivity contribution in [3.05, 3.63) is 47.9 Å². The van der Waals surface area contributed by atoms with Gasteiger partial charge in [-0.05, 0) is 12.1 Å². The maximum Gasteiger partial charge on any atom is 0.134 e. The van der Waals surface area contributed by atoms with Crippen LogP contribution in [0.1, 0.15) is 5.56 Å². The van der Waals surface area contributed by atoms with Crippen LogP contribution in [0.25, 0.3) is 5.57 Å². The average molecular weight is 234 g/mol. The summed E-state index contributed by atoms with van der Waals surface area (Å²) in [5.41, 5.74) is 6.90. The number of ether oxygens (including phenoxy) is 1. The summed E-state index contributed by atoms with van der Waals surface area (Å²) in [4.78, 5) is 3.80. The van der Waals surface area contributed by atoms with Crippen LogP contribution >= 0.6 is 0 Å². The van der Waals surface area contributed by atoms with Crippen LogP contribution in [0.2, 0.25) is 0 Å². The third kappa shape index (κ3) is 2.72. The molecule has 1 aromatic rings. The first-order valence-corrected chi connectivity index (χ1v) is 5.03. The Labute approximate surface area is 100 Å². The smallest absolute Gasteiger partial charge is 0.134 e. The van der Waals surface area contributed by atoms with Crippen LogP contribution in [-0.2, 0) is 0 Å². The zero-order chi connectivity index (χ0) is 12.8. The highest BCUT2D eigenvalue weighted by molar-refractivity contribution is 5.94. The highest BCUT2D eigenvalue weighted by Crippen LogP contribution is 2.30. The van der Waals surface area contributed by atoms with Crippen LogP contribution in [-0.4, -0.2) is 20.4 Å². The van der Waals surface area contributed by atoms with Gasteiger partial charge in [0.2, 0.25) is 0 Å². The van der Waals surface area contributed by atoms with Crippen molar-refractivity contribution >= 4 is 11.8 Å². The number of aliphatic imine (C=N–C) groups is 1. The van der Waals surface area contributed by atoms with Gasteiger partial charge in [-0.15, -0.1) is 0 Å². The van der Waals surface area contributed by atoms with E-state index in [9.17, 15) is 4.39 Å². The summed E-state index contributed by atoms with van der Waals surface area (Å²) in [5, 5.41) is 0. The molecule has 0 radical (unpaired) electrons. The van der Waals surface area contributed by atoms with Crippen molar-refractivity contribution in [1.29, 1.82) is 0 Å². The van der Waals surface area contributed by atoms with E-state index >= 15 is 0 Å². The van der Waals surface area contributed by atoms with Crippen molar-refractivity contribution in [2.45, 2.75) is 0 Å². The monoisotopic (exact) mass is 234 g/mol.